The molecule has 0 saturated carbocycles. The van der Waals surface area contributed by atoms with Crippen LogP contribution in [0.25, 0.3) is 11.5 Å². The summed E-state index contributed by atoms with van der Waals surface area (Å²) < 4.78 is 30.7. The molecule has 2 aromatic rings. The lowest BCUT2D eigenvalue weighted by atomic mass is 10.2. The van der Waals surface area contributed by atoms with Gasteiger partial charge >= 0.3 is 0 Å². The van der Waals surface area contributed by atoms with E-state index in [4.69, 9.17) is 4.42 Å². The van der Waals surface area contributed by atoms with Crippen molar-refractivity contribution in [2.24, 2.45) is 0 Å². The number of benzene rings is 1. The van der Waals surface area contributed by atoms with Crippen molar-refractivity contribution in [2.75, 3.05) is 6.54 Å². The van der Waals surface area contributed by atoms with Crippen LogP contribution in [-0.2, 0) is 21.3 Å². The van der Waals surface area contributed by atoms with Crippen LogP contribution in [-0.4, -0.2) is 26.9 Å². The van der Waals surface area contributed by atoms with Gasteiger partial charge in [-0.05, 0) is 31.5 Å². The van der Waals surface area contributed by atoms with E-state index >= 15 is 0 Å². The van der Waals surface area contributed by atoms with Crippen molar-refractivity contribution in [3.8, 4) is 11.5 Å². The van der Waals surface area contributed by atoms with Crippen molar-refractivity contribution < 1.29 is 17.8 Å². The van der Waals surface area contributed by atoms with E-state index in [0.29, 0.717) is 17.8 Å². The Morgan fingerprint density at radius 2 is 2.26 bits per heavy atom. The van der Waals surface area contributed by atoms with E-state index in [9.17, 15) is 13.4 Å². The number of carbonyl (C=O) groups is 1. The molecule has 1 N–H and O–H groups in total. The first-order valence-corrected chi connectivity index (χ1v) is 8.74. The summed E-state index contributed by atoms with van der Waals surface area (Å²) in [6.07, 6.45) is 2.21. The molecule has 0 aliphatic rings. The van der Waals surface area contributed by atoms with Crippen molar-refractivity contribution in [1.29, 1.82) is 0 Å². The van der Waals surface area contributed by atoms with E-state index < -0.39 is 16.0 Å². The maximum Gasteiger partial charge on any atom is 0.235 e. The van der Waals surface area contributed by atoms with Crippen LogP contribution < -0.4 is 5.32 Å². The highest BCUT2D eigenvalue weighted by Crippen LogP contribution is 2.20. The summed E-state index contributed by atoms with van der Waals surface area (Å²) in [6, 6.07) is 5.88. The second-order valence-corrected chi connectivity index (χ2v) is 6.87. The minimum Gasteiger partial charge on any atom is -0.444 e. The number of oxazole rings is 1. The first kappa shape index (κ1) is 17.3. The average molecular weight is 338 g/mol. The average Bonchev–Trinajstić information content (AvgIpc) is 3.00. The molecule has 0 aliphatic heterocycles. The van der Waals surface area contributed by atoms with Crippen molar-refractivity contribution >= 4 is 16.7 Å². The Morgan fingerprint density at radius 3 is 2.96 bits per heavy atom. The van der Waals surface area contributed by atoms with Gasteiger partial charge in [-0.3, -0.25) is 9.00 Å². The smallest absolute Gasteiger partial charge is 0.235 e. The monoisotopic (exact) mass is 338 g/mol. The van der Waals surface area contributed by atoms with Crippen molar-refractivity contribution in [3.05, 3.63) is 42.0 Å². The number of hydrogen-bond donors (Lipinski definition) is 1. The predicted molar refractivity (Wildman–Crippen MR) is 86.5 cm³/mol. The van der Waals surface area contributed by atoms with E-state index in [1.54, 1.807) is 19.1 Å². The molecule has 0 radical (unpaired) electrons. The molecule has 0 spiro atoms. The van der Waals surface area contributed by atoms with E-state index in [0.717, 1.165) is 6.42 Å². The number of hydrogen-bond acceptors (Lipinski definition) is 4. The van der Waals surface area contributed by atoms with Crippen LogP contribution in [0.3, 0.4) is 0 Å². The molecule has 2 rings (SSSR count). The van der Waals surface area contributed by atoms with Gasteiger partial charge in [-0.15, -0.1) is 0 Å². The van der Waals surface area contributed by atoms with Gasteiger partial charge in [0.1, 0.15) is 17.3 Å². The summed E-state index contributed by atoms with van der Waals surface area (Å²) in [7, 11) is -1.41. The van der Waals surface area contributed by atoms with Gasteiger partial charge in [0.15, 0.2) is 0 Å². The number of aromatic nitrogens is 1. The molecule has 1 amide bonds. The molecule has 0 fully saturated rings. The van der Waals surface area contributed by atoms with Crippen molar-refractivity contribution in [2.45, 2.75) is 31.3 Å². The lowest BCUT2D eigenvalue weighted by Crippen LogP contribution is -2.36. The third-order valence-electron chi connectivity index (χ3n) is 3.23. The lowest BCUT2D eigenvalue weighted by molar-refractivity contribution is -0.120. The summed E-state index contributed by atoms with van der Waals surface area (Å²) in [5.41, 5.74) is 0.980. The SMILES string of the molecule is CCCNC(=O)[C@@H](C)[S@@](=O)Cc1coc(-c2cccc(F)c2)n1. The third kappa shape index (κ3) is 4.72. The standard InChI is InChI=1S/C16H19FN2O3S/c1-3-7-18-15(20)11(2)23(21)10-14-9-22-16(19-14)12-5-4-6-13(17)8-12/h4-6,8-9,11H,3,7,10H2,1-2H3,(H,18,20)/t11-,23+/m1/s1. The zero-order valence-corrected chi connectivity index (χ0v) is 13.9. The van der Waals surface area contributed by atoms with Crippen molar-refractivity contribution in [1.82, 2.24) is 10.3 Å². The summed E-state index contributed by atoms with van der Waals surface area (Å²) in [6.45, 7) is 4.13. The molecule has 7 heteroatoms. The fourth-order valence-corrected chi connectivity index (χ4v) is 2.91. The predicted octanol–water partition coefficient (Wildman–Crippen LogP) is 2.64. The Labute approximate surface area is 136 Å². The molecular weight excluding hydrogens is 319 g/mol. The molecule has 1 aromatic heterocycles. The van der Waals surface area contributed by atoms with E-state index in [1.807, 2.05) is 6.92 Å². The van der Waals surface area contributed by atoms with E-state index in [-0.39, 0.29) is 23.4 Å². The third-order valence-corrected chi connectivity index (χ3v) is 4.81. The second kappa shape index (κ2) is 8.01. The zero-order chi connectivity index (χ0) is 16.8. The minimum atomic E-state index is -1.41. The molecule has 124 valence electrons. The number of nitrogens with zero attached hydrogens (tertiary/aromatic N) is 1. The van der Waals surface area contributed by atoms with Crippen LogP contribution in [0.1, 0.15) is 26.0 Å². The van der Waals surface area contributed by atoms with Crippen LogP contribution in [0.4, 0.5) is 4.39 Å². The van der Waals surface area contributed by atoms with Crippen LogP contribution >= 0.6 is 0 Å². The van der Waals surface area contributed by atoms with Gasteiger partial charge in [0.25, 0.3) is 0 Å². The van der Waals surface area contributed by atoms with Gasteiger partial charge in [-0.1, -0.05) is 13.0 Å². The van der Waals surface area contributed by atoms with Gasteiger partial charge in [0.2, 0.25) is 11.8 Å². The van der Waals surface area contributed by atoms with Gasteiger partial charge in [0, 0.05) is 22.9 Å². The number of carbonyl (C=O) groups excluding carboxylic acids is 1. The summed E-state index contributed by atoms with van der Waals surface area (Å²) >= 11 is 0. The Balaban J connectivity index is 2.01. The molecule has 2 atom stereocenters. The molecule has 0 bridgehead atoms. The number of rotatable bonds is 7. The molecule has 5 nitrogen and oxygen atoms in total. The molecular formula is C16H19FN2O3S. The zero-order valence-electron chi connectivity index (χ0n) is 13.0. The number of halogens is 1. The number of nitrogens with one attached hydrogen (secondary N) is 1. The normalized spacial score (nSPS) is 13.5. The highest BCUT2D eigenvalue weighted by Gasteiger charge is 2.21. The van der Waals surface area contributed by atoms with Crippen LogP contribution in [0.15, 0.2) is 34.9 Å². The molecule has 1 heterocycles. The molecule has 0 saturated heterocycles. The first-order chi connectivity index (χ1) is 11.0. The highest BCUT2D eigenvalue weighted by atomic mass is 32.2. The molecule has 23 heavy (non-hydrogen) atoms. The fraction of sp³-hybridized carbons (Fsp3) is 0.375. The van der Waals surface area contributed by atoms with Gasteiger partial charge in [-0.2, -0.15) is 0 Å². The van der Waals surface area contributed by atoms with Gasteiger partial charge in [-0.25, -0.2) is 9.37 Å². The first-order valence-electron chi connectivity index (χ1n) is 7.36. The molecule has 0 aliphatic carbocycles. The Morgan fingerprint density at radius 1 is 1.48 bits per heavy atom. The summed E-state index contributed by atoms with van der Waals surface area (Å²) in [4.78, 5) is 16.0. The largest absolute Gasteiger partial charge is 0.444 e. The quantitative estimate of drug-likeness (QED) is 0.842. The molecule has 0 unspecified atom stereocenters. The van der Waals surface area contributed by atoms with Gasteiger partial charge < -0.3 is 9.73 Å². The fourth-order valence-electron chi connectivity index (χ4n) is 1.91. The molecule has 1 aromatic carbocycles. The van der Waals surface area contributed by atoms with Crippen molar-refractivity contribution in [3.63, 3.8) is 0 Å². The minimum absolute atomic E-state index is 0.111. The summed E-state index contributed by atoms with van der Waals surface area (Å²) in [5.74, 6) is -0.245. The van der Waals surface area contributed by atoms with Crippen LogP contribution in [0.2, 0.25) is 0 Å². The lowest BCUT2D eigenvalue weighted by Gasteiger charge is -2.10. The van der Waals surface area contributed by atoms with Gasteiger partial charge in [0.05, 0.1) is 11.4 Å². The van der Waals surface area contributed by atoms with Crippen LogP contribution in [0, 0.1) is 5.82 Å². The Bertz CT molecular complexity index is 702. The second-order valence-electron chi connectivity index (χ2n) is 5.11. The highest BCUT2D eigenvalue weighted by molar-refractivity contribution is 7.85. The van der Waals surface area contributed by atoms with Crippen LogP contribution in [0.5, 0.6) is 0 Å². The van der Waals surface area contributed by atoms with E-state index in [2.05, 4.69) is 10.3 Å². The maximum atomic E-state index is 13.2. The van der Waals surface area contributed by atoms with E-state index in [1.165, 1.54) is 18.4 Å². The topological polar surface area (TPSA) is 72.2 Å². The maximum absolute atomic E-state index is 13.2. The number of amides is 1. The Kier molecular flexibility index (Phi) is 6.04. The summed E-state index contributed by atoms with van der Waals surface area (Å²) in [5, 5.41) is 2.09. The Hall–Kier alpha value is -2.02.